The van der Waals surface area contributed by atoms with Gasteiger partial charge in [0.2, 0.25) is 5.91 Å². The topological polar surface area (TPSA) is 64.6 Å². The molecular formula is C15H21NO4. The molecule has 0 aliphatic rings. The second-order valence-corrected chi connectivity index (χ2v) is 4.22. The Kier molecular flexibility index (Phi) is 7.17. The van der Waals surface area contributed by atoms with E-state index in [-0.39, 0.29) is 24.7 Å². The maximum atomic E-state index is 11.5. The minimum Gasteiger partial charge on any atom is -0.496 e. The lowest BCUT2D eigenvalue weighted by molar-refractivity contribution is -0.144. The van der Waals surface area contributed by atoms with Crippen LogP contribution < -0.4 is 10.1 Å². The number of ether oxygens (including phenoxy) is 2. The largest absolute Gasteiger partial charge is 0.496 e. The molecule has 0 spiro atoms. The number of amides is 1. The Hall–Kier alpha value is -2.04. The fourth-order valence-electron chi connectivity index (χ4n) is 1.78. The van der Waals surface area contributed by atoms with Crippen molar-refractivity contribution in [2.75, 3.05) is 20.3 Å². The van der Waals surface area contributed by atoms with E-state index in [2.05, 4.69) is 5.32 Å². The summed E-state index contributed by atoms with van der Waals surface area (Å²) in [5.41, 5.74) is 1.04. The van der Waals surface area contributed by atoms with Crippen LogP contribution in [-0.4, -0.2) is 32.1 Å². The molecule has 0 saturated heterocycles. The third kappa shape index (κ3) is 5.73. The van der Waals surface area contributed by atoms with Gasteiger partial charge in [0.1, 0.15) is 5.75 Å². The Morgan fingerprint density at radius 3 is 2.65 bits per heavy atom. The predicted molar refractivity (Wildman–Crippen MR) is 75.6 cm³/mol. The van der Waals surface area contributed by atoms with Crippen LogP contribution in [0.4, 0.5) is 0 Å². The van der Waals surface area contributed by atoms with Crippen molar-refractivity contribution < 1.29 is 19.1 Å². The molecule has 1 amide bonds. The molecule has 0 atom stereocenters. The molecule has 110 valence electrons. The molecule has 0 aliphatic heterocycles. The van der Waals surface area contributed by atoms with Gasteiger partial charge in [0.15, 0.2) is 0 Å². The number of carbonyl (C=O) groups excluding carboxylic acids is 2. The number of carbonyl (C=O) groups is 2. The van der Waals surface area contributed by atoms with E-state index >= 15 is 0 Å². The number of nitrogens with one attached hydrogen (secondary N) is 1. The van der Waals surface area contributed by atoms with Crippen LogP contribution in [0.15, 0.2) is 24.3 Å². The van der Waals surface area contributed by atoms with Crippen LogP contribution in [-0.2, 0) is 20.7 Å². The fraction of sp³-hybridized carbons (Fsp3) is 0.467. The predicted octanol–water partition coefficient (Wildman–Crippen LogP) is 1.70. The smallest absolute Gasteiger partial charge is 0.306 e. The molecule has 0 aliphatic carbocycles. The first-order valence-corrected chi connectivity index (χ1v) is 6.71. The lowest BCUT2D eigenvalue weighted by atomic mass is 10.1. The molecule has 0 heterocycles. The number of esters is 1. The van der Waals surface area contributed by atoms with Crippen LogP contribution >= 0.6 is 0 Å². The van der Waals surface area contributed by atoms with Gasteiger partial charge in [0.25, 0.3) is 0 Å². The third-order valence-electron chi connectivity index (χ3n) is 2.77. The molecule has 0 bridgehead atoms. The summed E-state index contributed by atoms with van der Waals surface area (Å²) >= 11 is 0. The van der Waals surface area contributed by atoms with Crippen molar-refractivity contribution in [1.29, 1.82) is 0 Å². The summed E-state index contributed by atoms with van der Waals surface area (Å²) < 4.78 is 10.00. The number of hydrogen-bond acceptors (Lipinski definition) is 4. The Balaban J connectivity index is 2.26. The van der Waals surface area contributed by atoms with Crippen LogP contribution in [0.1, 0.15) is 25.3 Å². The molecule has 0 saturated carbocycles. The summed E-state index contributed by atoms with van der Waals surface area (Å²) in [5, 5.41) is 2.78. The summed E-state index contributed by atoms with van der Waals surface area (Å²) in [6.07, 6.45) is 0.967. The SMILES string of the molecule is CCOC(=O)CCC(=O)NCCc1ccccc1OC. The molecule has 0 unspecified atom stereocenters. The molecule has 0 radical (unpaired) electrons. The lowest BCUT2D eigenvalue weighted by Crippen LogP contribution is -2.26. The van der Waals surface area contributed by atoms with Crippen molar-refractivity contribution >= 4 is 11.9 Å². The van der Waals surface area contributed by atoms with Gasteiger partial charge in [-0.15, -0.1) is 0 Å². The van der Waals surface area contributed by atoms with E-state index in [0.29, 0.717) is 19.6 Å². The zero-order chi connectivity index (χ0) is 14.8. The zero-order valence-corrected chi connectivity index (χ0v) is 12.0. The van der Waals surface area contributed by atoms with Crippen molar-refractivity contribution in [1.82, 2.24) is 5.32 Å². The molecule has 0 aromatic heterocycles. The Morgan fingerprint density at radius 1 is 1.20 bits per heavy atom. The van der Waals surface area contributed by atoms with Gasteiger partial charge in [-0.2, -0.15) is 0 Å². The van der Waals surface area contributed by atoms with E-state index < -0.39 is 0 Å². The lowest BCUT2D eigenvalue weighted by Gasteiger charge is -2.09. The van der Waals surface area contributed by atoms with Crippen molar-refractivity contribution in [2.24, 2.45) is 0 Å². The van der Waals surface area contributed by atoms with Gasteiger partial charge in [0, 0.05) is 13.0 Å². The summed E-state index contributed by atoms with van der Waals surface area (Å²) in [7, 11) is 1.62. The maximum Gasteiger partial charge on any atom is 0.306 e. The van der Waals surface area contributed by atoms with E-state index in [9.17, 15) is 9.59 Å². The summed E-state index contributed by atoms with van der Waals surface area (Å²) in [5.74, 6) is 0.327. The number of hydrogen-bond donors (Lipinski definition) is 1. The highest BCUT2D eigenvalue weighted by Gasteiger charge is 2.07. The van der Waals surface area contributed by atoms with E-state index in [4.69, 9.17) is 9.47 Å². The van der Waals surface area contributed by atoms with E-state index in [1.165, 1.54) is 0 Å². The third-order valence-corrected chi connectivity index (χ3v) is 2.77. The van der Waals surface area contributed by atoms with Gasteiger partial charge in [-0.05, 0) is 25.0 Å². The second kappa shape index (κ2) is 8.96. The van der Waals surface area contributed by atoms with Gasteiger partial charge < -0.3 is 14.8 Å². The first kappa shape index (κ1) is 16.0. The Bertz CT molecular complexity index is 445. The molecule has 1 N–H and O–H groups in total. The summed E-state index contributed by atoms with van der Waals surface area (Å²) in [6, 6.07) is 7.68. The highest BCUT2D eigenvalue weighted by Crippen LogP contribution is 2.17. The summed E-state index contributed by atoms with van der Waals surface area (Å²) in [6.45, 7) is 2.60. The molecule has 5 nitrogen and oxygen atoms in total. The van der Waals surface area contributed by atoms with Crippen molar-refractivity contribution in [3.63, 3.8) is 0 Å². The van der Waals surface area contributed by atoms with Crippen molar-refractivity contribution in [3.8, 4) is 5.75 Å². The Morgan fingerprint density at radius 2 is 1.95 bits per heavy atom. The van der Waals surface area contributed by atoms with E-state index in [0.717, 1.165) is 11.3 Å². The number of para-hydroxylation sites is 1. The quantitative estimate of drug-likeness (QED) is 0.736. The number of methoxy groups -OCH3 is 1. The average molecular weight is 279 g/mol. The normalized spacial score (nSPS) is 9.90. The van der Waals surface area contributed by atoms with Gasteiger partial charge in [-0.3, -0.25) is 9.59 Å². The van der Waals surface area contributed by atoms with Crippen LogP contribution in [0.5, 0.6) is 5.75 Å². The molecule has 1 rings (SSSR count). The van der Waals surface area contributed by atoms with Crippen LogP contribution in [0.3, 0.4) is 0 Å². The first-order valence-electron chi connectivity index (χ1n) is 6.71. The van der Waals surface area contributed by atoms with Crippen molar-refractivity contribution in [2.45, 2.75) is 26.2 Å². The number of benzene rings is 1. The van der Waals surface area contributed by atoms with Crippen LogP contribution in [0, 0.1) is 0 Å². The second-order valence-electron chi connectivity index (χ2n) is 4.22. The highest BCUT2D eigenvalue weighted by atomic mass is 16.5. The van der Waals surface area contributed by atoms with E-state index in [1.807, 2.05) is 24.3 Å². The van der Waals surface area contributed by atoms with E-state index in [1.54, 1.807) is 14.0 Å². The molecule has 1 aromatic rings. The number of rotatable bonds is 8. The molecule has 0 fully saturated rings. The molecule has 5 heteroatoms. The van der Waals surface area contributed by atoms with Gasteiger partial charge in [-0.1, -0.05) is 18.2 Å². The van der Waals surface area contributed by atoms with Crippen LogP contribution in [0.25, 0.3) is 0 Å². The molecular weight excluding hydrogens is 258 g/mol. The minimum absolute atomic E-state index is 0.119. The fourth-order valence-corrected chi connectivity index (χ4v) is 1.78. The highest BCUT2D eigenvalue weighted by molar-refractivity contribution is 5.81. The zero-order valence-electron chi connectivity index (χ0n) is 12.0. The first-order chi connectivity index (χ1) is 9.67. The van der Waals surface area contributed by atoms with Gasteiger partial charge >= 0.3 is 5.97 Å². The summed E-state index contributed by atoms with van der Waals surface area (Å²) in [4.78, 5) is 22.7. The molecule has 20 heavy (non-hydrogen) atoms. The standard InChI is InChI=1S/C15H21NO4/c1-3-20-15(18)9-8-14(17)16-11-10-12-6-4-5-7-13(12)19-2/h4-7H,3,8-11H2,1-2H3,(H,16,17). The Labute approximate surface area is 119 Å². The van der Waals surface area contributed by atoms with Gasteiger partial charge in [0.05, 0.1) is 20.1 Å². The van der Waals surface area contributed by atoms with Crippen LogP contribution in [0.2, 0.25) is 0 Å². The maximum absolute atomic E-state index is 11.5. The minimum atomic E-state index is -0.340. The molecule has 1 aromatic carbocycles. The van der Waals surface area contributed by atoms with Crippen molar-refractivity contribution in [3.05, 3.63) is 29.8 Å². The van der Waals surface area contributed by atoms with Gasteiger partial charge in [-0.25, -0.2) is 0 Å². The average Bonchev–Trinajstić information content (AvgIpc) is 2.46. The monoisotopic (exact) mass is 279 g/mol.